The molecule has 0 bridgehead atoms. The summed E-state index contributed by atoms with van der Waals surface area (Å²) in [6, 6.07) is 7.86. The van der Waals surface area contributed by atoms with Gasteiger partial charge in [0, 0.05) is 33.2 Å². The minimum absolute atomic E-state index is 0.331. The van der Waals surface area contributed by atoms with Crippen LogP contribution in [0.1, 0.15) is 26.3 Å². The molecule has 0 unspecified atom stereocenters. The molecule has 0 amide bonds. The van der Waals surface area contributed by atoms with E-state index in [-0.39, 0.29) is 5.54 Å². The number of nitrogens with zero attached hydrogens (tertiary/aromatic N) is 3. The van der Waals surface area contributed by atoms with Gasteiger partial charge in [0.1, 0.15) is 0 Å². The Balaban J connectivity index is 2.47. The van der Waals surface area contributed by atoms with Crippen molar-refractivity contribution in [3.8, 4) is 5.69 Å². The average Bonchev–Trinajstić information content (AvgIpc) is 2.82. The lowest BCUT2D eigenvalue weighted by molar-refractivity contribution is -0.816. The van der Waals surface area contributed by atoms with E-state index in [1.807, 2.05) is 55.8 Å². The topological polar surface area (TPSA) is 41.1 Å². The first kappa shape index (κ1) is 12.4. The molecule has 0 aliphatic heterocycles. The first-order valence-electron chi connectivity index (χ1n) is 5.89. The number of hydrogen-bond donors (Lipinski definition) is 1. The summed E-state index contributed by atoms with van der Waals surface area (Å²) in [5.41, 5.74) is 1.59. The summed E-state index contributed by atoms with van der Waals surface area (Å²) >= 11 is 0. The normalized spacial score (nSPS) is 12.7. The number of para-hydroxylation sites is 1. The molecule has 0 aliphatic rings. The fraction of sp³-hybridized carbons (Fsp3) is 0.286. The fourth-order valence-corrected chi connectivity index (χ4v) is 1.56. The van der Waals surface area contributed by atoms with Crippen LogP contribution in [0.15, 0.2) is 43.0 Å². The minimum atomic E-state index is -0.331. The second kappa shape index (κ2) is 4.64. The summed E-state index contributed by atoms with van der Waals surface area (Å²) in [6.45, 7) is 5.84. The highest BCUT2D eigenvalue weighted by molar-refractivity contribution is 5.81. The molecule has 2 rings (SSSR count). The van der Waals surface area contributed by atoms with Gasteiger partial charge in [-0.05, 0) is 16.9 Å². The molecule has 1 N–H and O–H groups in total. The van der Waals surface area contributed by atoms with Crippen molar-refractivity contribution in [2.45, 2.75) is 26.3 Å². The number of aromatic nitrogens is 2. The van der Waals surface area contributed by atoms with Gasteiger partial charge in [0.2, 0.25) is 11.8 Å². The van der Waals surface area contributed by atoms with Crippen LogP contribution in [0.4, 0.5) is 0 Å². The molecule has 0 atom stereocenters. The van der Waals surface area contributed by atoms with Gasteiger partial charge in [0.15, 0.2) is 0 Å². The summed E-state index contributed by atoms with van der Waals surface area (Å²) in [6.07, 6.45) is 7.09. The molecule has 1 heterocycles. The van der Waals surface area contributed by atoms with Crippen molar-refractivity contribution in [3.05, 3.63) is 48.5 Å². The van der Waals surface area contributed by atoms with Crippen molar-refractivity contribution < 1.29 is 9.95 Å². The number of benzene rings is 1. The van der Waals surface area contributed by atoms with Crippen LogP contribution in [-0.2, 0) is 0 Å². The van der Waals surface area contributed by atoms with Crippen LogP contribution in [0.2, 0.25) is 0 Å². The van der Waals surface area contributed by atoms with Crippen LogP contribution in [0.25, 0.3) is 5.69 Å². The zero-order chi connectivity index (χ0) is 13.2. The highest BCUT2D eigenvalue weighted by Crippen LogP contribution is 2.13. The van der Waals surface area contributed by atoms with E-state index in [0.29, 0.717) is 0 Å². The van der Waals surface area contributed by atoms with Gasteiger partial charge in [0.25, 0.3) is 0 Å². The van der Waals surface area contributed by atoms with Crippen molar-refractivity contribution in [2.75, 3.05) is 0 Å². The van der Waals surface area contributed by atoms with Crippen molar-refractivity contribution in [1.29, 1.82) is 0 Å². The Morgan fingerprint density at radius 1 is 1.28 bits per heavy atom. The van der Waals surface area contributed by atoms with E-state index in [9.17, 15) is 5.21 Å². The van der Waals surface area contributed by atoms with Gasteiger partial charge >= 0.3 is 0 Å². The summed E-state index contributed by atoms with van der Waals surface area (Å²) in [4.78, 5) is 4.04. The maximum absolute atomic E-state index is 10.0. The number of imidazole rings is 1. The third kappa shape index (κ3) is 2.59. The van der Waals surface area contributed by atoms with Crippen molar-refractivity contribution >= 4 is 6.21 Å². The second-order valence-corrected chi connectivity index (χ2v) is 5.17. The maximum atomic E-state index is 10.0. The molecule has 0 saturated carbocycles. The molecule has 0 spiro atoms. The third-order valence-electron chi connectivity index (χ3n) is 2.67. The van der Waals surface area contributed by atoms with Crippen molar-refractivity contribution in [1.82, 2.24) is 9.55 Å². The summed E-state index contributed by atoms with van der Waals surface area (Å²) in [5, 5.41) is 10.0. The summed E-state index contributed by atoms with van der Waals surface area (Å²) in [7, 11) is 0. The average molecular weight is 244 g/mol. The summed E-state index contributed by atoms with van der Waals surface area (Å²) < 4.78 is 3.14. The fourth-order valence-electron chi connectivity index (χ4n) is 1.56. The molecule has 2 aromatic rings. The monoisotopic (exact) mass is 244 g/mol. The quantitative estimate of drug-likeness (QED) is 0.381. The summed E-state index contributed by atoms with van der Waals surface area (Å²) in [5.74, 6) is 0. The lowest BCUT2D eigenvalue weighted by atomic mass is 10.1. The predicted molar refractivity (Wildman–Crippen MR) is 70.5 cm³/mol. The Morgan fingerprint density at radius 2 is 2.00 bits per heavy atom. The second-order valence-electron chi connectivity index (χ2n) is 5.17. The predicted octanol–water partition coefficient (Wildman–Crippen LogP) is 2.49. The van der Waals surface area contributed by atoms with Gasteiger partial charge in [-0.25, -0.2) is 4.98 Å². The molecular formula is C14H18N3O+. The minimum Gasteiger partial charge on any atom is -0.305 e. The van der Waals surface area contributed by atoms with E-state index in [4.69, 9.17) is 0 Å². The Bertz CT molecular complexity index is 551. The number of rotatable bonds is 2. The lowest BCUT2D eigenvalue weighted by Gasteiger charge is -2.10. The molecule has 18 heavy (non-hydrogen) atoms. The van der Waals surface area contributed by atoms with E-state index in [0.717, 1.165) is 11.3 Å². The highest BCUT2D eigenvalue weighted by atomic mass is 16.5. The zero-order valence-electron chi connectivity index (χ0n) is 10.9. The van der Waals surface area contributed by atoms with Gasteiger partial charge in [0.05, 0.1) is 17.6 Å². The number of hydroxylamine groups is 1. The molecule has 0 aliphatic carbocycles. The van der Waals surface area contributed by atoms with Crippen molar-refractivity contribution in [2.24, 2.45) is 0 Å². The Kier molecular flexibility index (Phi) is 3.19. The number of hydrogen-bond acceptors (Lipinski definition) is 2. The van der Waals surface area contributed by atoms with Crippen LogP contribution in [0.3, 0.4) is 0 Å². The smallest absolute Gasteiger partial charge is 0.225 e. The lowest BCUT2D eigenvalue weighted by Crippen LogP contribution is -2.31. The third-order valence-corrected chi connectivity index (χ3v) is 2.67. The Morgan fingerprint density at radius 3 is 2.61 bits per heavy atom. The first-order valence-corrected chi connectivity index (χ1v) is 5.89. The van der Waals surface area contributed by atoms with Crippen molar-refractivity contribution in [3.63, 3.8) is 0 Å². The van der Waals surface area contributed by atoms with Gasteiger partial charge in [-0.15, -0.1) is 0 Å². The van der Waals surface area contributed by atoms with Gasteiger partial charge in [-0.2, -0.15) is 0 Å². The maximum Gasteiger partial charge on any atom is 0.225 e. The molecule has 94 valence electrons. The molecule has 0 fully saturated rings. The first-order chi connectivity index (χ1) is 8.48. The van der Waals surface area contributed by atoms with Gasteiger partial charge in [-0.1, -0.05) is 12.1 Å². The van der Waals surface area contributed by atoms with E-state index >= 15 is 0 Å². The molecule has 1 aromatic heterocycles. The van der Waals surface area contributed by atoms with Crippen LogP contribution < -0.4 is 0 Å². The molecule has 0 radical (unpaired) electrons. The van der Waals surface area contributed by atoms with Crippen LogP contribution >= 0.6 is 0 Å². The van der Waals surface area contributed by atoms with E-state index in [1.54, 1.807) is 18.7 Å². The highest BCUT2D eigenvalue weighted by Gasteiger charge is 2.24. The standard InChI is InChI=1S/C14H18N3O/c1-14(2,3)17(18)10-12-6-4-5-7-13(12)16-9-8-15-11-16/h4-11,18H,1-3H3/q+1. The molecule has 4 nitrogen and oxygen atoms in total. The van der Waals surface area contributed by atoms with E-state index < -0.39 is 0 Å². The SMILES string of the molecule is CC(C)(C)/[N+](O)=C/c1ccccc1-n1ccnc1. The molecule has 4 heteroatoms. The van der Waals surface area contributed by atoms with E-state index in [2.05, 4.69) is 4.98 Å². The van der Waals surface area contributed by atoms with E-state index in [1.165, 1.54) is 4.74 Å². The molecular weight excluding hydrogens is 226 g/mol. The van der Waals surface area contributed by atoms with Crippen LogP contribution in [0, 0.1) is 0 Å². The van der Waals surface area contributed by atoms with Crippen LogP contribution in [0.5, 0.6) is 0 Å². The Labute approximate surface area is 107 Å². The van der Waals surface area contributed by atoms with Gasteiger partial charge < -0.3 is 4.57 Å². The molecule has 0 saturated heterocycles. The largest absolute Gasteiger partial charge is 0.305 e. The zero-order valence-corrected chi connectivity index (χ0v) is 10.9. The van der Waals surface area contributed by atoms with Gasteiger partial charge in [-0.3, -0.25) is 5.21 Å². The Hall–Kier alpha value is -2.10. The van der Waals surface area contributed by atoms with Crippen LogP contribution in [-0.4, -0.2) is 31.3 Å². The molecule has 1 aromatic carbocycles.